The van der Waals surface area contributed by atoms with E-state index in [-0.39, 0.29) is 46.6 Å². The van der Waals surface area contributed by atoms with E-state index in [0.29, 0.717) is 17.7 Å². The number of carboxylic acids is 1. The number of aryl methyl sites for hydroxylation is 2. The first-order chi connectivity index (χ1) is 15.1. The van der Waals surface area contributed by atoms with Gasteiger partial charge in [-0.25, -0.2) is 4.99 Å². The summed E-state index contributed by atoms with van der Waals surface area (Å²) in [7, 11) is 0. The molecule has 0 aromatic heterocycles. The maximum absolute atomic E-state index is 12.5. The lowest BCUT2D eigenvalue weighted by atomic mass is 10.0. The number of hydrogen-bond donors (Lipinski definition) is 5. The van der Waals surface area contributed by atoms with Gasteiger partial charge in [-0.05, 0) is 42.2 Å². The Labute approximate surface area is 194 Å². The van der Waals surface area contributed by atoms with Crippen molar-refractivity contribution in [2.24, 2.45) is 16.5 Å². The van der Waals surface area contributed by atoms with Gasteiger partial charge < -0.3 is 27.2 Å². The first-order valence-electron chi connectivity index (χ1n) is 9.61. The number of nitrogens with one attached hydrogen (secondary N) is 2. The van der Waals surface area contributed by atoms with Crippen molar-refractivity contribution in [3.05, 3.63) is 57.1 Å². The van der Waals surface area contributed by atoms with Crippen molar-refractivity contribution in [2.75, 3.05) is 11.9 Å². The molecule has 0 aliphatic heterocycles. The molecule has 2 aromatic carbocycles. The number of carboxylic acid groups (broad SMARTS) is 1. The van der Waals surface area contributed by atoms with E-state index in [2.05, 4.69) is 15.6 Å². The van der Waals surface area contributed by atoms with Crippen molar-refractivity contribution < 1.29 is 19.5 Å². The number of halogens is 2. The van der Waals surface area contributed by atoms with Crippen LogP contribution in [0.5, 0.6) is 0 Å². The minimum absolute atomic E-state index is 0.121. The second-order valence-electron chi connectivity index (χ2n) is 6.76. The Morgan fingerprint density at radius 3 is 2.44 bits per heavy atom. The van der Waals surface area contributed by atoms with Gasteiger partial charge in [-0.1, -0.05) is 42.3 Å². The van der Waals surface area contributed by atoms with E-state index < -0.39 is 17.8 Å². The Kier molecular flexibility index (Phi) is 8.86. The molecule has 0 spiro atoms. The van der Waals surface area contributed by atoms with Crippen molar-refractivity contribution in [1.29, 1.82) is 0 Å². The number of hydrogen-bond acceptors (Lipinski definition) is 4. The van der Waals surface area contributed by atoms with Gasteiger partial charge in [-0.3, -0.25) is 14.4 Å². The van der Waals surface area contributed by atoms with Gasteiger partial charge in [0.25, 0.3) is 5.91 Å². The number of nitrogens with zero attached hydrogens (tertiary/aromatic N) is 1. The lowest BCUT2D eigenvalue weighted by Gasteiger charge is -2.16. The standard InChI is InChI=1S/C21H23Cl2N5O4/c1-2-11-8-12(6-7-16(30)31)19(18(23)17(11)22)28-15(29)10-26-20(32)13-4-3-5-14(9-13)27-21(24)25/h3-5,8-9H,2,6-7,10H2,1H3,(H,26,32)(H,28,29)(H,30,31)(H4,24,25,27). The fourth-order valence-corrected chi connectivity index (χ4v) is 3.45. The number of amides is 2. The molecule has 2 rings (SSSR count). The fraction of sp³-hybridized carbons (Fsp3) is 0.238. The minimum Gasteiger partial charge on any atom is -0.481 e. The molecule has 0 bridgehead atoms. The maximum atomic E-state index is 12.5. The molecule has 2 aromatic rings. The van der Waals surface area contributed by atoms with E-state index in [1.807, 2.05) is 6.92 Å². The molecule has 2 amide bonds. The second-order valence-corrected chi connectivity index (χ2v) is 7.52. The van der Waals surface area contributed by atoms with E-state index >= 15 is 0 Å². The third kappa shape index (κ3) is 6.86. The zero-order valence-corrected chi connectivity index (χ0v) is 18.8. The molecule has 0 fully saturated rings. The Morgan fingerprint density at radius 2 is 1.81 bits per heavy atom. The van der Waals surface area contributed by atoms with Crippen molar-refractivity contribution in [3.63, 3.8) is 0 Å². The third-order valence-corrected chi connectivity index (χ3v) is 5.30. The van der Waals surface area contributed by atoms with Gasteiger partial charge in [-0.15, -0.1) is 0 Å². The first kappa shape index (κ1) is 25.0. The van der Waals surface area contributed by atoms with Crippen LogP contribution in [0, 0.1) is 0 Å². The van der Waals surface area contributed by atoms with Crippen molar-refractivity contribution in [1.82, 2.24) is 5.32 Å². The molecule has 0 radical (unpaired) electrons. The molecule has 7 N–H and O–H groups in total. The van der Waals surface area contributed by atoms with Crippen LogP contribution in [0.1, 0.15) is 34.8 Å². The third-order valence-electron chi connectivity index (χ3n) is 4.39. The van der Waals surface area contributed by atoms with E-state index in [0.717, 1.165) is 5.56 Å². The molecule has 0 aliphatic carbocycles. The van der Waals surface area contributed by atoms with Crippen LogP contribution in [0.15, 0.2) is 35.3 Å². The van der Waals surface area contributed by atoms with Crippen LogP contribution in [-0.2, 0) is 22.4 Å². The Morgan fingerprint density at radius 1 is 1.09 bits per heavy atom. The number of aliphatic carboxylic acids is 1. The number of carbonyl (C=O) groups excluding carboxylic acids is 2. The number of nitrogens with two attached hydrogens (primary N) is 2. The van der Waals surface area contributed by atoms with Gasteiger partial charge in [0, 0.05) is 12.0 Å². The molecule has 0 unspecified atom stereocenters. The van der Waals surface area contributed by atoms with Crippen LogP contribution in [0.25, 0.3) is 0 Å². The molecule has 32 heavy (non-hydrogen) atoms. The Bertz CT molecular complexity index is 1070. The van der Waals surface area contributed by atoms with Crippen LogP contribution in [0.4, 0.5) is 11.4 Å². The van der Waals surface area contributed by atoms with Crippen LogP contribution in [0.3, 0.4) is 0 Å². The summed E-state index contributed by atoms with van der Waals surface area (Å²) >= 11 is 12.6. The van der Waals surface area contributed by atoms with Crippen molar-refractivity contribution >= 4 is 58.3 Å². The van der Waals surface area contributed by atoms with Gasteiger partial charge in [0.05, 0.1) is 28.0 Å². The summed E-state index contributed by atoms with van der Waals surface area (Å²) in [5, 5.41) is 14.5. The summed E-state index contributed by atoms with van der Waals surface area (Å²) in [4.78, 5) is 39.7. The number of benzene rings is 2. The summed E-state index contributed by atoms with van der Waals surface area (Å²) in [6, 6.07) is 7.96. The zero-order valence-electron chi connectivity index (χ0n) is 17.2. The highest BCUT2D eigenvalue weighted by Gasteiger charge is 2.18. The lowest BCUT2D eigenvalue weighted by Crippen LogP contribution is -2.33. The van der Waals surface area contributed by atoms with Crippen LogP contribution in [-0.4, -0.2) is 35.4 Å². The van der Waals surface area contributed by atoms with E-state index in [1.54, 1.807) is 24.3 Å². The average Bonchev–Trinajstić information content (AvgIpc) is 2.74. The monoisotopic (exact) mass is 479 g/mol. The highest BCUT2D eigenvalue weighted by Crippen LogP contribution is 2.37. The van der Waals surface area contributed by atoms with Gasteiger partial charge in [0.1, 0.15) is 0 Å². The summed E-state index contributed by atoms with van der Waals surface area (Å²) in [5.74, 6) is -2.20. The molecule has 0 aliphatic rings. The molecule has 170 valence electrons. The van der Waals surface area contributed by atoms with E-state index in [9.17, 15) is 14.4 Å². The largest absolute Gasteiger partial charge is 0.481 e. The van der Waals surface area contributed by atoms with Gasteiger partial charge >= 0.3 is 5.97 Å². The molecule has 0 saturated carbocycles. The van der Waals surface area contributed by atoms with Crippen LogP contribution >= 0.6 is 23.2 Å². The van der Waals surface area contributed by atoms with Gasteiger partial charge in [-0.2, -0.15) is 0 Å². The molecule has 9 nitrogen and oxygen atoms in total. The molecular weight excluding hydrogens is 457 g/mol. The molecule has 0 saturated heterocycles. The number of rotatable bonds is 9. The Hall–Kier alpha value is -3.30. The molecular formula is C21H23Cl2N5O4. The fourth-order valence-electron chi connectivity index (χ4n) is 2.88. The van der Waals surface area contributed by atoms with E-state index in [1.165, 1.54) is 6.07 Å². The summed E-state index contributed by atoms with van der Waals surface area (Å²) in [6.07, 6.45) is 0.591. The maximum Gasteiger partial charge on any atom is 0.303 e. The molecule has 0 atom stereocenters. The van der Waals surface area contributed by atoms with Crippen molar-refractivity contribution in [3.8, 4) is 0 Å². The van der Waals surface area contributed by atoms with Crippen molar-refractivity contribution in [2.45, 2.75) is 26.2 Å². The zero-order chi connectivity index (χ0) is 23.8. The van der Waals surface area contributed by atoms with E-state index in [4.69, 9.17) is 39.8 Å². The van der Waals surface area contributed by atoms with Crippen LogP contribution < -0.4 is 22.1 Å². The van der Waals surface area contributed by atoms with Gasteiger partial charge in [0.15, 0.2) is 5.96 Å². The first-order valence-corrected chi connectivity index (χ1v) is 10.4. The molecule has 0 heterocycles. The smallest absolute Gasteiger partial charge is 0.303 e. The Balaban J connectivity index is 2.14. The topological polar surface area (TPSA) is 160 Å². The number of carbonyl (C=O) groups is 3. The summed E-state index contributed by atoms with van der Waals surface area (Å²) in [6.45, 7) is 1.53. The highest BCUT2D eigenvalue weighted by molar-refractivity contribution is 6.44. The quantitative estimate of drug-likeness (QED) is 0.274. The summed E-state index contributed by atoms with van der Waals surface area (Å²) in [5.41, 5.74) is 12.8. The number of anilines is 1. The second kappa shape index (κ2) is 11.4. The SMILES string of the molecule is CCc1cc(CCC(=O)O)c(NC(=O)CNC(=O)c2cccc(N=C(N)N)c2)c(Cl)c1Cl. The molecule has 11 heteroatoms. The average molecular weight is 480 g/mol. The number of guanidine groups is 1. The minimum atomic E-state index is -0.985. The predicted molar refractivity (Wildman–Crippen MR) is 125 cm³/mol. The number of aliphatic imine (C=N–C) groups is 1. The summed E-state index contributed by atoms with van der Waals surface area (Å²) < 4.78 is 0. The van der Waals surface area contributed by atoms with Gasteiger partial charge in [0.2, 0.25) is 5.91 Å². The predicted octanol–water partition coefficient (Wildman–Crippen LogP) is 2.85. The normalized spacial score (nSPS) is 10.3. The highest BCUT2D eigenvalue weighted by atomic mass is 35.5. The lowest BCUT2D eigenvalue weighted by molar-refractivity contribution is -0.137. The van der Waals surface area contributed by atoms with Crippen LogP contribution in [0.2, 0.25) is 10.0 Å².